The molecule has 0 aliphatic carbocycles. The van der Waals surface area contributed by atoms with Crippen molar-refractivity contribution >= 4 is 29.4 Å². The highest BCUT2D eigenvalue weighted by Crippen LogP contribution is 2.26. The van der Waals surface area contributed by atoms with Crippen LogP contribution in [0.1, 0.15) is 26.3 Å². The maximum absolute atomic E-state index is 11.6. The van der Waals surface area contributed by atoms with Crippen molar-refractivity contribution in [1.29, 1.82) is 0 Å². The monoisotopic (exact) mass is 436 g/mol. The number of nitrogens with zero attached hydrogens (tertiary/aromatic N) is 3. The van der Waals surface area contributed by atoms with Crippen LogP contribution in [0.2, 0.25) is 0 Å². The van der Waals surface area contributed by atoms with E-state index in [1.165, 1.54) is 30.6 Å². The lowest BCUT2D eigenvalue weighted by atomic mass is 10.1. The van der Waals surface area contributed by atoms with Crippen LogP contribution in [-0.4, -0.2) is 41.5 Å². The Kier molecular flexibility index (Phi) is 6.78. The number of thiazole rings is 1. The summed E-state index contributed by atoms with van der Waals surface area (Å²) in [6, 6.07) is 11.4. The molecule has 1 aromatic heterocycles. The minimum atomic E-state index is -0.730. The molecule has 1 amide bonds. The number of ether oxygens (including phenoxy) is 1. The highest BCUT2D eigenvalue weighted by atomic mass is 32.1. The first-order valence-corrected chi connectivity index (χ1v) is 10.0. The van der Waals surface area contributed by atoms with Crippen LogP contribution in [0.25, 0.3) is 11.3 Å². The summed E-state index contributed by atoms with van der Waals surface area (Å²) in [5.74, 6) is -1.34. The third kappa shape index (κ3) is 4.96. The molecular weight excluding hydrogens is 416 g/mol. The molecule has 1 heterocycles. The Morgan fingerprint density at radius 1 is 1.26 bits per heavy atom. The van der Waals surface area contributed by atoms with Crippen molar-refractivity contribution in [1.82, 2.24) is 4.68 Å². The number of methoxy groups -OCH3 is 1. The van der Waals surface area contributed by atoms with E-state index in [-0.39, 0.29) is 11.3 Å². The maximum Gasteiger partial charge on any atom is 0.337 e. The summed E-state index contributed by atoms with van der Waals surface area (Å²) >= 11 is 1.37. The standard InChI is InChI=1S/C22H20N4O4S/c1-3-10-24-22-26(25-12-14-4-6-15(7-5-14)21(29)30-2)18(13-31-22)16-8-9-19(27)17(11-16)20(23)28/h3-9,11-13,27H,1,10H2,2H3,(H2,23,28)/b24-22?,25-12-. The van der Waals surface area contributed by atoms with Crippen molar-refractivity contribution in [2.24, 2.45) is 15.8 Å². The summed E-state index contributed by atoms with van der Waals surface area (Å²) < 4.78 is 6.33. The molecule has 0 aliphatic rings. The number of phenols is 1. The molecule has 31 heavy (non-hydrogen) atoms. The van der Waals surface area contributed by atoms with Crippen LogP contribution in [0.15, 0.2) is 70.6 Å². The van der Waals surface area contributed by atoms with Gasteiger partial charge in [-0.05, 0) is 35.9 Å². The Morgan fingerprint density at radius 2 is 2.00 bits per heavy atom. The molecule has 0 spiro atoms. The summed E-state index contributed by atoms with van der Waals surface area (Å²) in [5.41, 5.74) is 7.87. The van der Waals surface area contributed by atoms with Gasteiger partial charge in [0.05, 0.1) is 36.7 Å². The molecule has 9 heteroatoms. The molecule has 2 aromatic carbocycles. The fraction of sp³-hybridized carbons (Fsp3) is 0.0909. The molecule has 8 nitrogen and oxygen atoms in total. The van der Waals surface area contributed by atoms with E-state index in [9.17, 15) is 14.7 Å². The van der Waals surface area contributed by atoms with Crippen LogP contribution in [0.5, 0.6) is 5.75 Å². The second-order valence-electron chi connectivity index (χ2n) is 6.30. The second kappa shape index (κ2) is 9.68. The van der Waals surface area contributed by atoms with E-state index < -0.39 is 11.9 Å². The van der Waals surface area contributed by atoms with Crippen molar-refractivity contribution in [3.8, 4) is 17.0 Å². The number of esters is 1. The predicted octanol–water partition coefficient (Wildman–Crippen LogP) is 2.78. The van der Waals surface area contributed by atoms with E-state index in [1.54, 1.807) is 47.3 Å². The lowest BCUT2D eigenvalue weighted by molar-refractivity contribution is 0.0600. The van der Waals surface area contributed by atoms with Crippen LogP contribution < -0.4 is 10.5 Å². The number of aromatic nitrogens is 1. The highest BCUT2D eigenvalue weighted by Gasteiger charge is 2.13. The molecule has 0 unspecified atom stereocenters. The Labute approximate surface area is 182 Å². The van der Waals surface area contributed by atoms with Crippen LogP contribution in [-0.2, 0) is 4.74 Å². The van der Waals surface area contributed by atoms with Crippen LogP contribution >= 0.6 is 11.3 Å². The number of primary amides is 1. The zero-order chi connectivity index (χ0) is 22.4. The van der Waals surface area contributed by atoms with E-state index in [0.717, 1.165) is 5.56 Å². The minimum absolute atomic E-state index is 0.0159. The van der Waals surface area contributed by atoms with Crippen molar-refractivity contribution in [2.75, 3.05) is 13.7 Å². The van der Waals surface area contributed by atoms with Crippen LogP contribution in [0.3, 0.4) is 0 Å². The summed E-state index contributed by atoms with van der Waals surface area (Å²) in [6.07, 6.45) is 3.30. The molecule has 3 rings (SSSR count). The SMILES string of the molecule is C=CCN=c1scc(-c2ccc(O)c(C(N)=O)c2)n1/N=C\c1ccc(C(=O)OC)cc1. The predicted molar refractivity (Wildman–Crippen MR) is 119 cm³/mol. The smallest absolute Gasteiger partial charge is 0.337 e. The number of hydrogen-bond donors (Lipinski definition) is 2. The van der Waals surface area contributed by atoms with Gasteiger partial charge in [0.2, 0.25) is 4.80 Å². The molecule has 0 atom stereocenters. The summed E-state index contributed by atoms with van der Waals surface area (Å²) in [6.45, 7) is 4.09. The van der Waals surface area contributed by atoms with Crippen molar-refractivity contribution in [2.45, 2.75) is 0 Å². The Hall–Kier alpha value is -3.98. The molecule has 3 aromatic rings. The molecule has 0 fully saturated rings. The van der Waals surface area contributed by atoms with E-state index in [2.05, 4.69) is 16.7 Å². The van der Waals surface area contributed by atoms with Gasteiger partial charge >= 0.3 is 5.97 Å². The summed E-state index contributed by atoms with van der Waals surface area (Å²) in [7, 11) is 1.33. The average Bonchev–Trinajstić information content (AvgIpc) is 3.18. The van der Waals surface area contributed by atoms with Gasteiger partial charge < -0.3 is 15.6 Å². The van der Waals surface area contributed by atoms with E-state index in [0.29, 0.717) is 28.2 Å². The minimum Gasteiger partial charge on any atom is -0.507 e. The van der Waals surface area contributed by atoms with Gasteiger partial charge in [-0.15, -0.1) is 17.9 Å². The average molecular weight is 436 g/mol. The number of carbonyl (C=O) groups is 2. The molecule has 0 bridgehead atoms. The fourth-order valence-electron chi connectivity index (χ4n) is 2.70. The Balaban J connectivity index is 2.04. The first-order chi connectivity index (χ1) is 14.9. The quantitative estimate of drug-likeness (QED) is 0.336. The van der Waals surface area contributed by atoms with E-state index in [4.69, 9.17) is 10.5 Å². The fourth-order valence-corrected chi connectivity index (χ4v) is 3.55. The lowest BCUT2D eigenvalue weighted by Gasteiger charge is -2.07. The number of nitrogens with two attached hydrogens (primary N) is 1. The van der Waals surface area contributed by atoms with Gasteiger partial charge in [0.1, 0.15) is 5.75 Å². The third-order valence-corrected chi connectivity index (χ3v) is 5.11. The van der Waals surface area contributed by atoms with Gasteiger partial charge in [0.25, 0.3) is 5.91 Å². The third-order valence-electron chi connectivity index (χ3n) is 4.25. The van der Waals surface area contributed by atoms with Gasteiger partial charge in [0.15, 0.2) is 0 Å². The normalized spacial score (nSPS) is 11.6. The number of rotatable bonds is 7. The summed E-state index contributed by atoms with van der Waals surface area (Å²) in [5, 5.41) is 16.3. The first kappa shape index (κ1) is 21.7. The maximum atomic E-state index is 11.6. The van der Waals surface area contributed by atoms with Crippen LogP contribution in [0, 0.1) is 0 Å². The molecule has 0 saturated carbocycles. The largest absolute Gasteiger partial charge is 0.507 e. The molecule has 0 radical (unpaired) electrons. The second-order valence-corrected chi connectivity index (χ2v) is 7.14. The number of hydrogen-bond acceptors (Lipinski definition) is 7. The first-order valence-electron chi connectivity index (χ1n) is 9.12. The van der Waals surface area contributed by atoms with Gasteiger partial charge in [-0.2, -0.15) is 5.10 Å². The van der Waals surface area contributed by atoms with Gasteiger partial charge in [-0.25, -0.2) is 9.47 Å². The Bertz CT molecular complexity index is 1220. The number of carbonyl (C=O) groups excluding carboxylic acids is 2. The number of amides is 1. The van der Waals surface area contributed by atoms with E-state index >= 15 is 0 Å². The van der Waals surface area contributed by atoms with Gasteiger partial charge in [-0.3, -0.25) is 9.79 Å². The van der Waals surface area contributed by atoms with Crippen molar-refractivity contribution in [3.05, 3.63) is 82.0 Å². The highest BCUT2D eigenvalue weighted by molar-refractivity contribution is 7.07. The lowest BCUT2D eigenvalue weighted by Crippen LogP contribution is -2.13. The Morgan fingerprint density at radius 3 is 2.65 bits per heavy atom. The van der Waals surface area contributed by atoms with Gasteiger partial charge in [0, 0.05) is 10.9 Å². The van der Waals surface area contributed by atoms with Crippen molar-refractivity contribution < 1.29 is 19.4 Å². The molecule has 158 valence electrons. The van der Waals surface area contributed by atoms with E-state index in [1.807, 2.05) is 5.38 Å². The number of benzene rings is 2. The zero-order valence-electron chi connectivity index (χ0n) is 16.7. The summed E-state index contributed by atoms with van der Waals surface area (Å²) in [4.78, 5) is 28.3. The molecule has 0 aliphatic heterocycles. The molecule has 3 N–H and O–H groups in total. The zero-order valence-corrected chi connectivity index (χ0v) is 17.5. The van der Waals surface area contributed by atoms with Crippen LogP contribution in [0.4, 0.5) is 0 Å². The topological polar surface area (TPSA) is 119 Å². The van der Waals surface area contributed by atoms with Gasteiger partial charge in [-0.1, -0.05) is 18.2 Å². The molecule has 0 saturated heterocycles. The van der Waals surface area contributed by atoms with Crippen molar-refractivity contribution in [3.63, 3.8) is 0 Å². The molecular formula is C22H20N4O4S. The number of aromatic hydroxyl groups is 1.